The second-order valence-corrected chi connectivity index (χ2v) is 12.3. The number of aryl methyl sites for hydroxylation is 1. The summed E-state index contributed by atoms with van der Waals surface area (Å²) in [7, 11) is 1.79. The van der Waals surface area contributed by atoms with Crippen molar-refractivity contribution in [1.29, 1.82) is 0 Å². The minimum absolute atomic E-state index is 0.0210. The number of hydrogen-bond donors (Lipinski definition) is 1. The molecule has 1 aromatic carbocycles. The fraction of sp³-hybridized carbons (Fsp3) is 0.483. The van der Waals surface area contributed by atoms with Crippen LogP contribution in [0.15, 0.2) is 47.5 Å². The molecule has 2 atom stereocenters. The Labute approximate surface area is 217 Å². The van der Waals surface area contributed by atoms with Crippen LogP contribution in [-0.4, -0.2) is 36.0 Å². The summed E-state index contributed by atoms with van der Waals surface area (Å²) in [6.07, 6.45) is 5.97. The lowest BCUT2D eigenvalue weighted by Gasteiger charge is -2.42. The van der Waals surface area contributed by atoms with Gasteiger partial charge in [-0.05, 0) is 54.4 Å². The smallest absolute Gasteiger partial charge is 0.330 e. The van der Waals surface area contributed by atoms with E-state index in [1.54, 1.807) is 30.1 Å². The molecule has 1 fully saturated rings. The molecule has 0 bridgehead atoms. The van der Waals surface area contributed by atoms with E-state index in [0.717, 1.165) is 30.5 Å². The van der Waals surface area contributed by atoms with E-state index in [0.29, 0.717) is 28.8 Å². The van der Waals surface area contributed by atoms with Crippen molar-refractivity contribution >= 4 is 28.1 Å². The third-order valence-corrected chi connectivity index (χ3v) is 7.70. The number of nitrogens with one attached hydrogen (secondary N) is 1. The second-order valence-electron chi connectivity index (χ2n) is 12.3. The number of rotatable bonds is 4. The molecule has 1 aliphatic carbocycles. The van der Waals surface area contributed by atoms with Crippen molar-refractivity contribution in [2.45, 2.75) is 72.4 Å². The van der Waals surface area contributed by atoms with Crippen molar-refractivity contribution in [2.24, 2.45) is 17.9 Å². The van der Waals surface area contributed by atoms with Crippen LogP contribution < -0.4 is 11.0 Å². The number of fused-ring (bicyclic) bond motifs is 2. The van der Waals surface area contributed by atoms with Gasteiger partial charge in [0.2, 0.25) is 0 Å². The number of carbonyl (C=O) groups excluding carboxylic acids is 1. The summed E-state index contributed by atoms with van der Waals surface area (Å²) in [5, 5.41) is 3.31. The molecule has 1 aliphatic rings. The minimum Gasteiger partial charge on any atom is -0.349 e. The average molecular weight is 501 g/mol. The lowest BCUT2D eigenvalue weighted by atomic mass is 9.68. The first-order chi connectivity index (χ1) is 17.4. The van der Waals surface area contributed by atoms with E-state index in [9.17, 15) is 9.59 Å². The van der Waals surface area contributed by atoms with Gasteiger partial charge in [-0.15, -0.1) is 0 Å². The molecule has 1 saturated carbocycles. The molecule has 2 unspecified atom stereocenters. The molecule has 37 heavy (non-hydrogen) atoms. The zero-order chi connectivity index (χ0) is 26.5. The molecule has 0 saturated heterocycles. The number of hydrogen-bond acceptors (Lipinski definition) is 5. The van der Waals surface area contributed by atoms with E-state index >= 15 is 0 Å². The van der Waals surface area contributed by atoms with E-state index in [1.165, 1.54) is 0 Å². The molecule has 0 radical (unpaired) electrons. The first kappa shape index (κ1) is 25.1. The van der Waals surface area contributed by atoms with Crippen LogP contribution in [0.5, 0.6) is 0 Å². The monoisotopic (exact) mass is 500 g/mol. The van der Waals surface area contributed by atoms with Crippen LogP contribution in [0.4, 0.5) is 0 Å². The van der Waals surface area contributed by atoms with Gasteiger partial charge in [-0.2, -0.15) is 0 Å². The molecule has 1 amide bonds. The number of imidazole rings is 1. The predicted molar refractivity (Wildman–Crippen MR) is 146 cm³/mol. The van der Waals surface area contributed by atoms with Crippen molar-refractivity contribution in [2.75, 3.05) is 0 Å². The van der Waals surface area contributed by atoms with Crippen molar-refractivity contribution in [3.8, 4) is 0 Å². The van der Waals surface area contributed by atoms with E-state index in [-0.39, 0.29) is 34.4 Å². The summed E-state index contributed by atoms with van der Waals surface area (Å²) in [4.78, 5) is 40.1. The Morgan fingerprint density at radius 2 is 1.89 bits per heavy atom. The van der Waals surface area contributed by atoms with Gasteiger partial charge in [0.15, 0.2) is 5.65 Å². The molecule has 1 N–H and O–H groups in total. The Bertz CT molecular complexity index is 1540. The molecule has 3 heterocycles. The van der Waals surface area contributed by atoms with Crippen LogP contribution in [0.3, 0.4) is 0 Å². The average Bonchev–Trinajstić information content (AvgIpc) is 3.08. The normalized spacial score (nSPS) is 19.8. The lowest BCUT2D eigenvalue weighted by Crippen LogP contribution is -2.48. The Kier molecular flexibility index (Phi) is 6.16. The zero-order valence-corrected chi connectivity index (χ0v) is 22.6. The standard InChI is InChI=1S/C29H36N6O2/c1-28(2,3)17-35-22-11-10-20(32-25(22)34(6)27(35)37)18-12-13-29(4,5)23(16-18)33-26(36)19-8-7-9-21-24(19)31-15-14-30-21/h7-11,14-15,18,23H,12-13,16-17H2,1-6H3,(H,33,36). The summed E-state index contributed by atoms with van der Waals surface area (Å²) in [6, 6.07) is 9.57. The highest BCUT2D eigenvalue weighted by atomic mass is 16.2. The summed E-state index contributed by atoms with van der Waals surface area (Å²) in [5.41, 5.74) is 4.29. The summed E-state index contributed by atoms with van der Waals surface area (Å²) in [5.74, 6) is 0.0611. The van der Waals surface area contributed by atoms with Gasteiger partial charge >= 0.3 is 5.69 Å². The van der Waals surface area contributed by atoms with Crippen molar-refractivity contribution in [3.05, 3.63) is 64.5 Å². The largest absolute Gasteiger partial charge is 0.349 e. The number of carbonyl (C=O) groups is 1. The Morgan fingerprint density at radius 3 is 2.65 bits per heavy atom. The fourth-order valence-electron chi connectivity index (χ4n) is 5.52. The highest BCUT2D eigenvalue weighted by Crippen LogP contribution is 2.42. The van der Waals surface area contributed by atoms with E-state index in [4.69, 9.17) is 4.98 Å². The highest BCUT2D eigenvalue weighted by Gasteiger charge is 2.38. The molecule has 3 aromatic heterocycles. The topological polar surface area (TPSA) is 94.7 Å². The van der Waals surface area contributed by atoms with Crippen molar-refractivity contribution < 1.29 is 4.79 Å². The van der Waals surface area contributed by atoms with Crippen LogP contribution >= 0.6 is 0 Å². The van der Waals surface area contributed by atoms with Gasteiger partial charge in [-0.3, -0.25) is 23.9 Å². The number of pyridine rings is 1. The minimum atomic E-state index is -0.130. The SMILES string of the molecule is Cn1c(=O)n(CC(C)(C)C)c2ccc(C3CCC(C)(C)C(NC(=O)c4cccc5nccnc45)C3)nc21. The first-order valence-corrected chi connectivity index (χ1v) is 13.0. The van der Waals surface area contributed by atoms with Crippen LogP contribution in [0.2, 0.25) is 0 Å². The molecule has 0 aliphatic heterocycles. The number of nitrogens with zero attached hydrogens (tertiary/aromatic N) is 5. The number of para-hydroxylation sites is 1. The lowest BCUT2D eigenvalue weighted by molar-refractivity contribution is 0.0838. The second kappa shape index (κ2) is 9.08. The first-order valence-electron chi connectivity index (χ1n) is 13.0. The Hall–Kier alpha value is -3.55. The maximum Gasteiger partial charge on any atom is 0.330 e. The maximum atomic E-state index is 13.4. The van der Waals surface area contributed by atoms with E-state index in [2.05, 4.69) is 56.0 Å². The molecule has 0 spiro atoms. The summed E-state index contributed by atoms with van der Waals surface area (Å²) in [6.45, 7) is 11.4. The predicted octanol–water partition coefficient (Wildman–Crippen LogP) is 4.82. The zero-order valence-electron chi connectivity index (χ0n) is 22.6. The van der Waals surface area contributed by atoms with Crippen LogP contribution in [0, 0.1) is 10.8 Å². The molecule has 194 valence electrons. The van der Waals surface area contributed by atoms with Gasteiger partial charge in [0.05, 0.1) is 16.6 Å². The molecular weight excluding hydrogens is 464 g/mol. The van der Waals surface area contributed by atoms with Gasteiger partial charge in [0, 0.05) is 43.6 Å². The number of benzene rings is 1. The highest BCUT2D eigenvalue weighted by molar-refractivity contribution is 6.04. The van der Waals surface area contributed by atoms with E-state index < -0.39 is 0 Å². The molecular formula is C29H36N6O2. The quantitative estimate of drug-likeness (QED) is 0.434. The molecule has 5 rings (SSSR count). The number of amides is 1. The van der Waals surface area contributed by atoms with Gasteiger partial charge in [0.1, 0.15) is 5.52 Å². The Morgan fingerprint density at radius 1 is 1.14 bits per heavy atom. The Balaban J connectivity index is 1.42. The third kappa shape index (κ3) is 4.77. The van der Waals surface area contributed by atoms with Crippen molar-refractivity contribution in [3.63, 3.8) is 0 Å². The third-order valence-electron chi connectivity index (χ3n) is 7.70. The van der Waals surface area contributed by atoms with Gasteiger partial charge in [-0.25, -0.2) is 9.78 Å². The van der Waals surface area contributed by atoms with E-state index in [1.807, 2.05) is 22.8 Å². The molecule has 8 nitrogen and oxygen atoms in total. The maximum absolute atomic E-state index is 13.4. The van der Waals surface area contributed by atoms with Crippen molar-refractivity contribution in [1.82, 2.24) is 29.4 Å². The fourth-order valence-corrected chi connectivity index (χ4v) is 5.52. The number of aromatic nitrogens is 5. The van der Waals surface area contributed by atoms with Gasteiger partial charge < -0.3 is 5.32 Å². The summed E-state index contributed by atoms with van der Waals surface area (Å²) < 4.78 is 3.48. The summed E-state index contributed by atoms with van der Waals surface area (Å²) >= 11 is 0. The van der Waals surface area contributed by atoms with Crippen LogP contribution in [0.1, 0.15) is 75.9 Å². The molecule has 4 aromatic rings. The van der Waals surface area contributed by atoms with Crippen LogP contribution in [0.25, 0.3) is 22.2 Å². The van der Waals surface area contributed by atoms with Crippen LogP contribution in [-0.2, 0) is 13.6 Å². The van der Waals surface area contributed by atoms with Gasteiger partial charge in [0.25, 0.3) is 5.91 Å². The van der Waals surface area contributed by atoms with Gasteiger partial charge in [-0.1, -0.05) is 40.7 Å². The molecule has 8 heteroatoms.